The van der Waals surface area contributed by atoms with Crippen molar-refractivity contribution < 1.29 is 26.4 Å². The fourth-order valence-corrected chi connectivity index (χ4v) is 7.34. The first-order valence-electron chi connectivity index (χ1n) is 14.4. The van der Waals surface area contributed by atoms with E-state index >= 15 is 0 Å². The summed E-state index contributed by atoms with van der Waals surface area (Å²) in [7, 11) is -3.49. The Kier molecular flexibility index (Phi) is 6.94. The molecular formula is C30H37F3N4O3S. The number of carbonyl (C=O) groups is 1. The Morgan fingerprint density at radius 3 is 2.68 bits per heavy atom. The van der Waals surface area contributed by atoms with Crippen molar-refractivity contribution in [2.24, 2.45) is 11.8 Å². The van der Waals surface area contributed by atoms with Crippen LogP contribution in [0.4, 0.5) is 18.9 Å². The monoisotopic (exact) mass is 590 g/mol. The number of aryl methyl sites for hydroxylation is 1. The Morgan fingerprint density at radius 1 is 1.24 bits per heavy atom. The largest absolute Gasteiger partial charge is 0.395 e. The lowest BCUT2D eigenvalue weighted by Gasteiger charge is -2.43. The highest BCUT2D eigenvalue weighted by molar-refractivity contribution is 7.91. The van der Waals surface area contributed by atoms with Gasteiger partial charge in [0.15, 0.2) is 9.84 Å². The Balaban J connectivity index is 1.27. The molecule has 0 bridgehead atoms. The molecule has 0 aromatic heterocycles. The number of anilines is 1. The Bertz CT molecular complexity index is 1440. The maximum absolute atomic E-state index is 13.0. The Labute approximate surface area is 239 Å². The molecular weight excluding hydrogens is 553 g/mol. The Morgan fingerprint density at radius 2 is 2.00 bits per heavy atom. The summed E-state index contributed by atoms with van der Waals surface area (Å²) in [6, 6.07) is 6.00. The van der Waals surface area contributed by atoms with Gasteiger partial charge in [0.25, 0.3) is 0 Å². The second-order valence-electron chi connectivity index (χ2n) is 12.4. The number of hydrogen-bond acceptors (Lipinski definition) is 6. The number of alkyl halides is 3. The molecule has 222 valence electrons. The molecule has 3 aliphatic heterocycles. The molecule has 41 heavy (non-hydrogen) atoms. The van der Waals surface area contributed by atoms with Crippen LogP contribution < -0.4 is 15.5 Å². The second-order valence-corrected chi connectivity index (χ2v) is 14.6. The summed E-state index contributed by atoms with van der Waals surface area (Å²) in [5, 5.41) is 6.62. The highest BCUT2D eigenvalue weighted by atomic mass is 32.2. The standard InChI is InChI=1S/C30H37F3N4O3S/c1-19-27-22(4-3-12-36(13-10-20-5-6-20)28(27)34-26(38)18-41(2,39)40)15-29(35-19)11-9-21-14-24(7-8-25(21)29)37-16-23(17-37)30(31,32)33/h4,7-8,14,20,23,35H,1,3,5-6,9-13,15-18H2,2H3,(H,34,38)/t29-/m0/s1. The number of sulfone groups is 1. The third kappa shape index (κ3) is 5.74. The molecule has 2 N–H and O–H groups in total. The molecule has 0 radical (unpaired) electrons. The number of allylic oxidation sites excluding steroid dienone is 1. The van der Waals surface area contributed by atoms with E-state index in [4.69, 9.17) is 0 Å². The van der Waals surface area contributed by atoms with E-state index in [0.717, 1.165) is 66.4 Å². The fraction of sp³-hybridized carbons (Fsp3) is 0.567. The van der Waals surface area contributed by atoms with Crippen molar-refractivity contribution in [2.45, 2.75) is 56.7 Å². The fourth-order valence-electron chi connectivity index (χ4n) is 6.80. The zero-order valence-corrected chi connectivity index (χ0v) is 24.1. The van der Waals surface area contributed by atoms with Crippen LogP contribution in [-0.4, -0.2) is 63.6 Å². The first-order valence-corrected chi connectivity index (χ1v) is 16.5. The van der Waals surface area contributed by atoms with Crippen LogP contribution in [0.25, 0.3) is 0 Å². The molecule has 5 aliphatic rings. The highest BCUT2D eigenvalue weighted by Crippen LogP contribution is 2.49. The molecule has 7 nitrogen and oxygen atoms in total. The van der Waals surface area contributed by atoms with Crippen molar-refractivity contribution in [1.82, 2.24) is 15.5 Å². The molecule has 2 saturated heterocycles. The summed E-state index contributed by atoms with van der Waals surface area (Å²) in [5.41, 5.74) is 5.28. The van der Waals surface area contributed by atoms with Gasteiger partial charge < -0.3 is 20.4 Å². The van der Waals surface area contributed by atoms with E-state index in [1.807, 2.05) is 18.2 Å². The lowest BCUT2D eigenvalue weighted by molar-refractivity contribution is -0.180. The van der Waals surface area contributed by atoms with Crippen LogP contribution in [0.5, 0.6) is 0 Å². The molecule has 11 heteroatoms. The molecule has 3 heterocycles. The Hall–Kier alpha value is -2.95. The van der Waals surface area contributed by atoms with E-state index in [9.17, 15) is 26.4 Å². The third-order valence-electron chi connectivity index (χ3n) is 9.14. The van der Waals surface area contributed by atoms with Gasteiger partial charge in [-0.15, -0.1) is 0 Å². The van der Waals surface area contributed by atoms with E-state index in [1.165, 1.54) is 12.8 Å². The van der Waals surface area contributed by atoms with Crippen LogP contribution in [0.3, 0.4) is 0 Å². The summed E-state index contributed by atoms with van der Waals surface area (Å²) in [6.07, 6.45) is 5.68. The van der Waals surface area contributed by atoms with Crippen molar-refractivity contribution in [3.8, 4) is 0 Å². The quantitative estimate of drug-likeness (QED) is 0.497. The summed E-state index contributed by atoms with van der Waals surface area (Å²) >= 11 is 0. The topological polar surface area (TPSA) is 81.8 Å². The molecule has 0 unspecified atom stereocenters. The van der Waals surface area contributed by atoms with Gasteiger partial charge in [0, 0.05) is 55.8 Å². The lowest BCUT2D eigenvalue weighted by Crippen LogP contribution is -2.53. The molecule has 1 aromatic rings. The third-order valence-corrected chi connectivity index (χ3v) is 9.93. The highest BCUT2D eigenvalue weighted by Gasteiger charge is 2.48. The van der Waals surface area contributed by atoms with Gasteiger partial charge in [-0.1, -0.05) is 31.6 Å². The number of nitrogens with zero attached hydrogens (tertiary/aromatic N) is 2. The number of hydrogen-bond donors (Lipinski definition) is 2. The summed E-state index contributed by atoms with van der Waals surface area (Å²) < 4.78 is 62.8. The van der Waals surface area contributed by atoms with E-state index in [1.54, 1.807) is 4.90 Å². The van der Waals surface area contributed by atoms with Gasteiger partial charge in [-0.2, -0.15) is 13.2 Å². The van der Waals surface area contributed by atoms with Crippen molar-refractivity contribution in [3.05, 3.63) is 64.6 Å². The summed E-state index contributed by atoms with van der Waals surface area (Å²) in [6.45, 7) is 5.86. The van der Waals surface area contributed by atoms with Crippen LogP contribution in [-0.2, 0) is 26.6 Å². The van der Waals surface area contributed by atoms with Crippen molar-refractivity contribution in [1.29, 1.82) is 0 Å². The van der Waals surface area contributed by atoms with Gasteiger partial charge in [-0.25, -0.2) is 8.42 Å². The minimum atomic E-state index is -4.15. The minimum absolute atomic E-state index is 0.00536. The zero-order valence-electron chi connectivity index (χ0n) is 23.3. The van der Waals surface area contributed by atoms with E-state index in [-0.39, 0.29) is 13.1 Å². The predicted molar refractivity (Wildman–Crippen MR) is 152 cm³/mol. The minimum Gasteiger partial charge on any atom is -0.375 e. The normalized spacial score (nSPS) is 24.9. The van der Waals surface area contributed by atoms with Crippen molar-refractivity contribution >= 4 is 21.4 Å². The smallest absolute Gasteiger partial charge is 0.375 e. The summed E-state index contributed by atoms with van der Waals surface area (Å²) in [4.78, 5) is 16.8. The number of nitrogens with one attached hydrogen (secondary N) is 2. The molecule has 1 amide bonds. The van der Waals surface area contributed by atoms with Crippen molar-refractivity contribution in [2.75, 3.05) is 43.1 Å². The molecule has 1 saturated carbocycles. The maximum Gasteiger partial charge on any atom is 0.395 e. The predicted octanol–water partition coefficient (Wildman–Crippen LogP) is 4.14. The zero-order chi connectivity index (χ0) is 29.2. The SMILES string of the molecule is C=C1N[C@@]2(CCc3cc(N4CC(C(F)(F)F)C4)ccc32)CC2=CCCN(CCC3CC3)C(NC(=O)CS(C)(=O)=O)=C12. The maximum atomic E-state index is 13.0. The number of rotatable bonds is 7. The van der Waals surface area contributed by atoms with Gasteiger partial charge in [0.1, 0.15) is 11.6 Å². The van der Waals surface area contributed by atoms with Gasteiger partial charge in [-0.3, -0.25) is 4.79 Å². The van der Waals surface area contributed by atoms with Gasteiger partial charge in [-0.05, 0) is 60.4 Å². The molecule has 2 aliphatic carbocycles. The molecule has 1 aromatic carbocycles. The van der Waals surface area contributed by atoms with Gasteiger partial charge in [0.2, 0.25) is 5.91 Å². The number of benzene rings is 1. The average Bonchev–Trinajstić information content (AvgIpc) is 3.61. The van der Waals surface area contributed by atoms with Crippen LogP contribution >= 0.6 is 0 Å². The van der Waals surface area contributed by atoms with Crippen LogP contribution in [0.1, 0.15) is 49.7 Å². The number of piperidine rings is 1. The first kappa shape index (κ1) is 28.2. The number of fused-ring (bicyclic) bond motifs is 3. The molecule has 1 atom stereocenters. The first-order chi connectivity index (χ1) is 19.3. The molecule has 1 spiro atoms. The number of amides is 1. The van der Waals surface area contributed by atoms with E-state index < -0.39 is 39.1 Å². The second kappa shape index (κ2) is 10.1. The average molecular weight is 591 g/mol. The number of carbonyl (C=O) groups excluding carboxylic acids is 1. The van der Waals surface area contributed by atoms with Gasteiger partial charge >= 0.3 is 6.18 Å². The van der Waals surface area contributed by atoms with Crippen LogP contribution in [0.2, 0.25) is 0 Å². The van der Waals surface area contributed by atoms with Crippen molar-refractivity contribution in [3.63, 3.8) is 0 Å². The summed E-state index contributed by atoms with van der Waals surface area (Å²) in [5.74, 6) is -1.08. The number of halogens is 3. The van der Waals surface area contributed by atoms with Crippen LogP contribution in [0, 0.1) is 11.8 Å². The van der Waals surface area contributed by atoms with E-state index in [0.29, 0.717) is 30.4 Å². The van der Waals surface area contributed by atoms with Crippen LogP contribution in [0.15, 0.2) is 53.5 Å². The van der Waals surface area contributed by atoms with Gasteiger partial charge in [0.05, 0.1) is 11.5 Å². The van der Waals surface area contributed by atoms with E-state index in [2.05, 4.69) is 28.2 Å². The molecule has 6 rings (SSSR count). The lowest BCUT2D eigenvalue weighted by atomic mass is 9.77. The molecule has 3 fully saturated rings.